The monoisotopic (exact) mass is 369 g/mol. The first-order valence-corrected chi connectivity index (χ1v) is 10.0. The third-order valence-corrected chi connectivity index (χ3v) is 6.54. The normalized spacial score (nSPS) is 19.8. The second-order valence-electron chi connectivity index (χ2n) is 6.29. The fourth-order valence-electron chi connectivity index (χ4n) is 3.28. The topological polar surface area (TPSA) is 97.7 Å². The minimum atomic E-state index is -3.67. The molecule has 0 atom stereocenters. The molecule has 1 N–H and O–H groups in total. The molecule has 1 aromatic heterocycles. The van der Waals surface area contributed by atoms with Crippen molar-refractivity contribution in [1.82, 2.24) is 14.2 Å². The highest BCUT2D eigenvalue weighted by Crippen LogP contribution is 2.26. The Bertz CT molecular complexity index is 763. The number of ether oxygens (including phenoxy) is 1. The van der Waals surface area contributed by atoms with E-state index in [1.807, 2.05) is 0 Å². The van der Waals surface area contributed by atoms with Crippen molar-refractivity contribution in [3.63, 3.8) is 0 Å². The standard InChI is InChI=1S/C16H23N3O5S/c1-2-24-16(21)12-4-8-19(9-5-12)25(22,23)13-10-14-15(20)17-6-3-7-18(14)11-13/h10-12H,2-9H2,1H3,(H,17,20). The Kier molecular flexibility index (Phi) is 5.14. The number of piperidine rings is 1. The molecule has 9 heteroatoms. The van der Waals surface area contributed by atoms with Crippen molar-refractivity contribution < 1.29 is 22.7 Å². The summed E-state index contributed by atoms with van der Waals surface area (Å²) in [5.74, 6) is -0.755. The number of sulfonamides is 1. The highest BCUT2D eigenvalue weighted by atomic mass is 32.2. The van der Waals surface area contributed by atoms with Crippen molar-refractivity contribution in [2.45, 2.75) is 37.6 Å². The number of hydrogen-bond donors (Lipinski definition) is 1. The summed E-state index contributed by atoms with van der Waals surface area (Å²) in [5.41, 5.74) is 0.373. The molecular weight excluding hydrogens is 346 g/mol. The lowest BCUT2D eigenvalue weighted by atomic mass is 9.98. The van der Waals surface area contributed by atoms with E-state index in [1.165, 1.54) is 16.6 Å². The van der Waals surface area contributed by atoms with Gasteiger partial charge in [0.05, 0.1) is 12.5 Å². The fraction of sp³-hybridized carbons (Fsp3) is 0.625. The molecule has 3 rings (SSSR count). The molecule has 1 amide bonds. The van der Waals surface area contributed by atoms with Gasteiger partial charge in [0.25, 0.3) is 5.91 Å². The molecule has 3 heterocycles. The van der Waals surface area contributed by atoms with E-state index in [0.717, 1.165) is 6.42 Å². The molecule has 0 spiro atoms. The van der Waals surface area contributed by atoms with Crippen molar-refractivity contribution in [3.8, 4) is 0 Å². The van der Waals surface area contributed by atoms with Gasteiger partial charge in [-0.1, -0.05) is 0 Å². The first-order chi connectivity index (χ1) is 11.9. The van der Waals surface area contributed by atoms with Crippen LogP contribution in [0.1, 0.15) is 36.7 Å². The van der Waals surface area contributed by atoms with Crippen molar-refractivity contribution in [2.75, 3.05) is 26.2 Å². The summed E-state index contributed by atoms with van der Waals surface area (Å²) < 4.78 is 33.8. The number of aryl methyl sites for hydroxylation is 1. The van der Waals surface area contributed by atoms with Gasteiger partial charge in [-0.25, -0.2) is 8.42 Å². The van der Waals surface area contributed by atoms with Crippen molar-refractivity contribution >= 4 is 21.9 Å². The molecule has 0 saturated carbocycles. The second-order valence-corrected chi connectivity index (χ2v) is 8.23. The minimum Gasteiger partial charge on any atom is -0.466 e. The van der Waals surface area contributed by atoms with Crippen LogP contribution in [0.25, 0.3) is 0 Å². The number of carbonyl (C=O) groups is 2. The Balaban J connectivity index is 1.74. The maximum Gasteiger partial charge on any atom is 0.309 e. The predicted octanol–water partition coefficient (Wildman–Crippen LogP) is 0.585. The van der Waals surface area contributed by atoms with E-state index in [4.69, 9.17) is 4.74 Å². The van der Waals surface area contributed by atoms with Gasteiger partial charge in [0.2, 0.25) is 10.0 Å². The largest absolute Gasteiger partial charge is 0.466 e. The third kappa shape index (κ3) is 3.57. The van der Waals surface area contributed by atoms with Crippen LogP contribution >= 0.6 is 0 Å². The summed E-state index contributed by atoms with van der Waals surface area (Å²) >= 11 is 0. The van der Waals surface area contributed by atoms with Crippen LogP contribution < -0.4 is 5.32 Å². The Hall–Kier alpha value is -1.87. The molecule has 0 aliphatic carbocycles. The van der Waals surface area contributed by atoms with E-state index in [1.54, 1.807) is 11.5 Å². The van der Waals surface area contributed by atoms with E-state index in [9.17, 15) is 18.0 Å². The Morgan fingerprint density at radius 2 is 2.04 bits per heavy atom. The number of amides is 1. The van der Waals surface area contributed by atoms with Gasteiger partial charge in [-0.3, -0.25) is 9.59 Å². The molecule has 8 nitrogen and oxygen atoms in total. The highest BCUT2D eigenvalue weighted by Gasteiger charge is 2.34. The van der Waals surface area contributed by atoms with Gasteiger partial charge in [-0.15, -0.1) is 0 Å². The summed E-state index contributed by atoms with van der Waals surface area (Å²) in [7, 11) is -3.67. The molecular formula is C16H23N3O5S. The highest BCUT2D eigenvalue weighted by molar-refractivity contribution is 7.89. The van der Waals surface area contributed by atoms with Gasteiger partial charge in [0, 0.05) is 32.4 Å². The Morgan fingerprint density at radius 3 is 2.72 bits per heavy atom. The van der Waals surface area contributed by atoms with E-state index in [0.29, 0.717) is 38.2 Å². The van der Waals surface area contributed by atoms with E-state index in [-0.39, 0.29) is 35.8 Å². The zero-order valence-electron chi connectivity index (χ0n) is 14.2. The maximum atomic E-state index is 12.9. The molecule has 1 fully saturated rings. The summed E-state index contributed by atoms with van der Waals surface area (Å²) in [4.78, 5) is 23.9. The van der Waals surface area contributed by atoms with E-state index in [2.05, 4.69) is 5.32 Å². The lowest BCUT2D eigenvalue weighted by Gasteiger charge is -2.29. The number of hydrogen-bond acceptors (Lipinski definition) is 5. The Morgan fingerprint density at radius 1 is 1.32 bits per heavy atom. The quantitative estimate of drug-likeness (QED) is 0.783. The molecule has 1 aromatic rings. The molecule has 138 valence electrons. The number of carbonyl (C=O) groups excluding carboxylic acids is 2. The average molecular weight is 369 g/mol. The summed E-state index contributed by atoms with van der Waals surface area (Å²) in [6.07, 6.45) is 3.20. The predicted molar refractivity (Wildman–Crippen MR) is 89.5 cm³/mol. The van der Waals surface area contributed by atoms with Gasteiger partial charge >= 0.3 is 5.97 Å². The van der Waals surface area contributed by atoms with Crippen LogP contribution in [0.15, 0.2) is 17.2 Å². The van der Waals surface area contributed by atoms with Crippen LogP contribution in [-0.2, 0) is 26.1 Å². The zero-order chi connectivity index (χ0) is 18.0. The number of nitrogens with zero attached hydrogens (tertiary/aromatic N) is 2. The van der Waals surface area contributed by atoms with Gasteiger partial charge in [0.1, 0.15) is 10.6 Å². The van der Waals surface area contributed by atoms with Gasteiger partial charge < -0.3 is 14.6 Å². The average Bonchev–Trinajstić information content (AvgIpc) is 2.97. The SMILES string of the molecule is CCOC(=O)C1CCN(S(=O)(=O)c2cc3n(c2)CCCNC3=O)CC1. The van der Waals surface area contributed by atoms with Crippen LogP contribution in [0, 0.1) is 5.92 Å². The third-order valence-electron chi connectivity index (χ3n) is 4.68. The lowest BCUT2D eigenvalue weighted by molar-refractivity contribution is -0.149. The van der Waals surface area contributed by atoms with Crippen LogP contribution in [0.2, 0.25) is 0 Å². The van der Waals surface area contributed by atoms with Crippen LogP contribution in [0.3, 0.4) is 0 Å². The van der Waals surface area contributed by atoms with E-state index < -0.39 is 10.0 Å². The first kappa shape index (κ1) is 17.9. The molecule has 1 saturated heterocycles. The van der Waals surface area contributed by atoms with E-state index >= 15 is 0 Å². The maximum absolute atomic E-state index is 12.9. The molecule has 0 bridgehead atoms. The van der Waals surface area contributed by atoms with Crippen LogP contribution in [0.5, 0.6) is 0 Å². The molecule has 2 aliphatic rings. The lowest BCUT2D eigenvalue weighted by Crippen LogP contribution is -2.40. The zero-order valence-corrected chi connectivity index (χ0v) is 15.0. The van der Waals surface area contributed by atoms with Crippen molar-refractivity contribution in [3.05, 3.63) is 18.0 Å². The number of nitrogens with one attached hydrogen (secondary N) is 1. The molecule has 2 aliphatic heterocycles. The Labute approximate surface area is 147 Å². The van der Waals surface area contributed by atoms with Gasteiger partial charge in [-0.05, 0) is 32.3 Å². The number of aromatic nitrogens is 1. The number of fused-ring (bicyclic) bond motifs is 1. The molecule has 0 aromatic carbocycles. The van der Waals surface area contributed by atoms with Gasteiger partial charge in [0.15, 0.2) is 0 Å². The number of esters is 1. The van der Waals surface area contributed by atoms with Gasteiger partial charge in [-0.2, -0.15) is 4.31 Å². The molecule has 0 unspecified atom stereocenters. The van der Waals surface area contributed by atoms with Crippen LogP contribution in [-0.4, -0.2) is 55.4 Å². The van der Waals surface area contributed by atoms with Crippen molar-refractivity contribution in [2.24, 2.45) is 5.92 Å². The van der Waals surface area contributed by atoms with Crippen LogP contribution in [0.4, 0.5) is 0 Å². The minimum absolute atomic E-state index is 0.133. The number of rotatable bonds is 4. The summed E-state index contributed by atoms with van der Waals surface area (Å²) in [6.45, 7) is 3.83. The second kappa shape index (κ2) is 7.17. The molecule has 0 radical (unpaired) electrons. The summed E-state index contributed by atoms with van der Waals surface area (Å²) in [6, 6.07) is 1.44. The first-order valence-electron chi connectivity index (χ1n) is 8.58. The smallest absolute Gasteiger partial charge is 0.309 e. The van der Waals surface area contributed by atoms with Crippen molar-refractivity contribution in [1.29, 1.82) is 0 Å². The molecule has 25 heavy (non-hydrogen) atoms. The summed E-state index contributed by atoms with van der Waals surface area (Å²) in [5, 5.41) is 2.76. The fourth-order valence-corrected chi connectivity index (χ4v) is 4.79.